The van der Waals surface area contributed by atoms with Gasteiger partial charge in [-0.15, -0.1) is 11.3 Å². The minimum absolute atomic E-state index is 0.122. The zero-order valence-electron chi connectivity index (χ0n) is 18.0. The molecule has 0 fully saturated rings. The first-order valence-corrected chi connectivity index (χ1v) is 10.8. The van der Waals surface area contributed by atoms with Crippen molar-refractivity contribution in [3.63, 3.8) is 0 Å². The van der Waals surface area contributed by atoms with E-state index in [1.807, 2.05) is 25.1 Å². The summed E-state index contributed by atoms with van der Waals surface area (Å²) in [7, 11) is 0. The second-order valence-corrected chi connectivity index (χ2v) is 9.21. The smallest absolute Gasteiger partial charge is 0.251 e. The Morgan fingerprint density at radius 3 is 2.39 bits per heavy atom. The van der Waals surface area contributed by atoms with Gasteiger partial charge in [-0.3, -0.25) is 4.98 Å². The SMILES string of the molecule is Cc1nc(-c2ccc(C(C)(C)C)cc2)sc1-c1ccnc(/N=C(\N)c2ccccn2)n1. The van der Waals surface area contributed by atoms with E-state index in [4.69, 9.17) is 10.7 Å². The van der Waals surface area contributed by atoms with E-state index in [0.29, 0.717) is 11.6 Å². The summed E-state index contributed by atoms with van der Waals surface area (Å²) in [5.74, 6) is 0.572. The van der Waals surface area contributed by atoms with Crippen LogP contribution in [0.15, 0.2) is 65.9 Å². The lowest BCUT2D eigenvalue weighted by Gasteiger charge is -2.18. The number of hydrogen-bond donors (Lipinski definition) is 1. The average Bonchev–Trinajstić information content (AvgIpc) is 3.16. The van der Waals surface area contributed by atoms with E-state index in [2.05, 4.69) is 65.0 Å². The van der Waals surface area contributed by atoms with Gasteiger partial charge < -0.3 is 5.73 Å². The Bertz CT molecular complexity index is 1220. The van der Waals surface area contributed by atoms with Crippen LogP contribution in [0.4, 0.5) is 5.95 Å². The average molecular weight is 429 g/mol. The zero-order valence-corrected chi connectivity index (χ0v) is 18.8. The molecule has 0 saturated carbocycles. The number of aromatic nitrogens is 4. The van der Waals surface area contributed by atoms with Gasteiger partial charge in [0.1, 0.15) is 10.7 Å². The summed E-state index contributed by atoms with van der Waals surface area (Å²) in [6.45, 7) is 8.63. The lowest BCUT2D eigenvalue weighted by atomic mass is 9.87. The van der Waals surface area contributed by atoms with Crippen molar-refractivity contribution in [2.24, 2.45) is 10.7 Å². The fourth-order valence-corrected chi connectivity index (χ4v) is 4.12. The number of benzene rings is 1. The van der Waals surface area contributed by atoms with Crippen LogP contribution in [0.25, 0.3) is 21.1 Å². The highest BCUT2D eigenvalue weighted by atomic mass is 32.1. The van der Waals surface area contributed by atoms with Crippen LogP contribution in [-0.2, 0) is 5.41 Å². The summed E-state index contributed by atoms with van der Waals surface area (Å²) in [6.07, 6.45) is 3.36. The molecule has 4 aromatic rings. The molecule has 7 heteroatoms. The number of rotatable bonds is 4. The Morgan fingerprint density at radius 1 is 0.935 bits per heavy atom. The molecular formula is C24H24N6S. The number of pyridine rings is 1. The van der Waals surface area contributed by atoms with Crippen molar-refractivity contribution >= 4 is 23.1 Å². The number of nitrogens with zero attached hydrogens (tertiary/aromatic N) is 5. The molecule has 6 nitrogen and oxygen atoms in total. The fourth-order valence-electron chi connectivity index (χ4n) is 3.08. The zero-order chi connectivity index (χ0) is 22.0. The monoisotopic (exact) mass is 428 g/mol. The Morgan fingerprint density at radius 2 is 1.71 bits per heavy atom. The van der Waals surface area contributed by atoms with Gasteiger partial charge >= 0.3 is 0 Å². The molecule has 0 aliphatic carbocycles. The largest absolute Gasteiger partial charge is 0.382 e. The van der Waals surface area contributed by atoms with Gasteiger partial charge in [0.2, 0.25) is 0 Å². The summed E-state index contributed by atoms with van der Waals surface area (Å²) in [5, 5.41) is 0.963. The maximum atomic E-state index is 6.07. The van der Waals surface area contributed by atoms with Crippen LogP contribution in [0, 0.1) is 6.92 Å². The molecule has 0 saturated heterocycles. The van der Waals surface area contributed by atoms with Crippen LogP contribution >= 0.6 is 11.3 Å². The first-order valence-electron chi connectivity index (χ1n) is 9.98. The third-order valence-electron chi connectivity index (χ3n) is 4.82. The molecule has 156 valence electrons. The molecular weight excluding hydrogens is 404 g/mol. The molecule has 0 unspecified atom stereocenters. The van der Waals surface area contributed by atoms with Crippen LogP contribution < -0.4 is 5.73 Å². The number of aliphatic imine (C=N–C) groups is 1. The van der Waals surface area contributed by atoms with Crippen LogP contribution in [0.2, 0.25) is 0 Å². The number of nitrogens with two attached hydrogens (primary N) is 1. The summed E-state index contributed by atoms with van der Waals surface area (Å²) in [5.41, 5.74) is 10.9. The van der Waals surface area contributed by atoms with E-state index in [0.717, 1.165) is 26.8 Å². The normalized spacial score (nSPS) is 12.2. The molecule has 3 heterocycles. The molecule has 0 radical (unpaired) electrons. The third kappa shape index (κ3) is 4.67. The summed E-state index contributed by atoms with van der Waals surface area (Å²) >= 11 is 1.61. The van der Waals surface area contributed by atoms with E-state index < -0.39 is 0 Å². The van der Waals surface area contributed by atoms with Gasteiger partial charge in [0.05, 0.1) is 16.3 Å². The van der Waals surface area contributed by atoms with Gasteiger partial charge in [-0.2, -0.15) is 4.99 Å². The Labute approximate surface area is 186 Å². The van der Waals surface area contributed by atoms with Crippen molar-refractivity contribution in [1.82, 2.24) is 19.9 Å². The molecule has 0 amide bonds. The molecule has 3 aromatic heterocycles. The maximum absolute atomic E-state index is 6.07. The van der Waals surface area contributed by atoms with Crippen molar-refractivity contribution in [3.8, 4) is 21.1 Å². The van der Waals surface area contributed by atoms with Gasteiger partial charge in [0.15, 0.2) is 5.84 Å². The first-order chi connectivity index (χ1) is 14.8. The molecule has 2 N–H and O–H groups in total. The van der Waals surface area contributed by atoms with Gasteiger partial charge in [-0.25, -0.2) is 15.0 Å². The Kier molecular flexibility index (Phi) is 5.61. The molecule has 0 bridgehead atoms. The van der Waals surface area contributed by atoms with Crippen LogP contribution in [0.5, 0.6) is 0 Å². The minimum atomic E-state index is 0.122. The van der Waals surface area contributed by atoms with E-state index in [9.17, 15) is 0 Å². The quantitative estimate of drug-likeness (QED) is 0.352. The van der Waals surface area contributed by atoms with Crippen LogP contribution in [0.3, 0.4) is 0 Å². The number of thiazole rings is 1. The van der Waals surface area contributed by atoms with E-state index in [-0.39, 0.29) is 11.3 Å². The fraction of sp³-hybridized carbons (Fsp3) is 0.208. The number of amidine groups is 1. The molecule has 0 atom stereocenters. The molecule has 4 rings (SSSR count). The van der Waals surface area contributed by atoms with Gasteiger partial charge in [0.25, 0.3) is 5.95 Å². The van der Waals surface area contributed by atoms with Gasteiger partial charge in [-0.1, -0.05) is 51.1 Å². The highest BCUT2D eigenvalue weighted by molar-refractivity contribution is 7.18. The second-order valence-electron chi connectivity index (χ2n) is 8.21. The van der Waals surface area contributed by atoms with E-state index in [1.165, 1.54) is 5.56 Å². The van der Waals surface area contributed by atoms with Gasteiger partial charge in [-0.05, 0) is 36.1 Å². The predicted molar refractivity (Wildman–Crippen MR) is 127 cm³/mol. The molecule has 0 aliphatic rings. The lowest BCUT2D eigenvalue weighted by Crippen LogP contribution is -2.14. The van der Waals surface area contributed by atoms with Crippen molar-refractivity contribution in [2.75, 3.05) is 0 Å². The lowest BCUT2D eigenvalue weighted by molar-refractivity contribution is 0.590. The third-order valence-corrected chi connectivity index (χ3v) is 6.05. The topological polar surface area (TPSA) is 89.9 Å². The minimum Gasteiger partial charge on any atom is -0.382 e. The van der Waals surface area contributed by atoms with Gasteiger partial charge in [0, 0.05) is 18.0 Å². The first kappa shape index (κ1) is 20.8. The molecule has 0 aliphatic heterocycles. The highest BCUT2D eigenvalue weighted by Crippen LogP contribution is 2.35. The van der Waals surface area contributed by atoms with E-state index in [1.54, 1.807) is 29.8 Å². The molecule has 31 heavy (non-hydrogen) atoms. The number of aryl methyl sites for hydroxylation is 1. The summed E-state index contributed by atoms with van der Waals surface area (Å²) < 4.78 is 0. The van der Waals surface area contributed by atoms with Crippen molar-refractivity contribution in [2.45, 2.75) is 33.1 Å². The van der Waals surface area contributed by atoms with E-state index >= 15 is 0 Å². The Hall–Kier alpha value is -3.45. The summed E-state index contributed by atoms with van der Waals surface area (Å²) in [4.78, 5) is 23.1. The standard InChI is InChI=1S/C24H24N6S/c1-15-20(31-22(28-15)16-8-10-17(11-9-16)24(2,3)4)18-12-14-27-23(29-18)30-21(25)19-7-5-6-13-26-19/h5-14H,1-4H3,(H2,25,27,29,30). The van der Waals surface area contributed by atoms with Crippen LogP contribution in [-0.4, -0.2) is 25.8 Å². The highest BCUT2D eigenvalue weighted by Gasteiger charge is 2.16. The maximum Gasteiger partial charge on any atom is 0.251 e. The number of hydrogen-bond acceptors (Lipinski definition) is 6. The Balaban J connectivity index is 1.64. The van der Waals surface area contributed by atoms with Crippen molar-refractivity contribution in [3.05, 3.63) is 77.9 Å². The summed E-state index contributed by atoms with van der Waals surface area (Å²) in [6, 6.07) is 16.0. The van der Waals surface area contributed by atoms with Crippen molar-refractivity contribution < 1.29 is 0 Å². The molecule has 0 spiro atoms. The second kappa shape index (κ2) is 8.35. The van der Waals surface area contributed by atoms with Crippen molar-refractivity contribution in [1.29, 1.82) is 0 Å². The predicted octanol–water partition coefficient (Wildman–Crippen LogP) is 5.31. The molecule has 1 aromatic carbocycles. The van der Waals surface area contributed by atoms with Crippen LogP contribution in [0.1, 0.15) is 37.7 Å².